The Morgan fingerprint density at radius 3 is 3.23 bits per heavy atom. The first-order valence-electron chi connectivity index (χ1n) is 7.52. The van der Waals surface area contributed by atoms with Crippen molar-refractivity contribution in [2.45, 2.75) is 30.6 Å². The number of aryl methyl sites for hydroxylation is 1. The van der Waals surface area contributed by atoms with Crippen LogP contribution in [0.4, 0.5) is 5.69 Å². The number of fused-ring (bicyclic) bond motifs is 1. The number of ether oxygens (including phenoxy) is 1. The SMILES string of the molecule is O=C(Nc1cccc(-c2cn3c(n2)SCC3)c1)C1CCCO1. The highest BCUT2D eigenvalue weighted by Gasteiger charge is 2.23. The summed E-state index contributed by atoms with van der Waals surface area (Å²) in [6.45, 7) is 1.69. The summed E-state index contributed by atoms with van der Waals surface area (Å²) in [6.07, 6.45) is 3.53. The molecule has 2 aromatic rings. The van der Waals surface area contributed by atoms with Crippen molar-refractivity contribution in [3.8, 4) is 11.3 Å². The quantitative estimate of drug-likeness (QED) is 0.946. The number of benzene rings is 1. The molecular weight excluding hydrogens is 298 g/mol. The summed E-state index contributed by atoms with van der Waals surface area (Å²) in [7, 11) is 0. The molecule has 0 spiro atoms. The van der Waals surface area contributed by atoms with Crippen molar-refractivity contribution in [1.29, 1.82) is 0 Å². The van der Waals surface area contributed by atoms with Crippen LogP contribution in [0.5, 0.6) is 0 Å². The summed E-state index contributed by atoms with van der Waals surface area (Å²) in [5.74, 6) is 1.04. The van der Waals surface area contributed by atoms with Crippen LogP contribution in [0.3, 0.4) is 0 Å². The molecule has 1 saturated heterocycles. The van der Waals surface area contributed by atoms with Gasteiger partial charge in [0, 0.05) is 36.4 Å². The van der Waals surface area contributed by atoms with Gasteiger partial charge in [-0.05, 0) is 25.0 Å². The number of anilines is 1. The lowest BCUT2D eigenvalue weighted by Gasteiger charge is -2.11. The molecule has 1 unspecified atom stereocenters. The van der Waals surface area contributed by atoms with Crippen LogP contribution in [0, 0.1) is 0 Å². The Kier molecular flexibility index (Phi) is 3.63. The third-order valence-electron chi connectivity index (χ3n) is 3.95. The lowest BCUT2D eigenvalue weighted by Crippen LogP contribution is -2.26. The maximum Gasteiger partial charge on any atom is 0.253 e. The molecule has 1 amide bonds. The Balaban J connectivity index is 1.53. The van der Waals surface area contributed by atoms with Crippen LogP contribution < -0.4 is 5.32 Å². The summed E-state index contributed by atoms with van der Waals surface area (Å²) in [4.78, 5) is 16.8. The third kappa shape index (κ3) is 2.64. The van der Waals surface area contributed by atoms with Gasteiger partial charge in [0.2, 0.25) is 0 Å². The number of rotatable bonds is 3. The molecule has 4 rings (SSSR count). The molecule has 6 heteroatoms. The number of carbonyl (C=O) groups is 1. The van der Waals surface area contributed by atoms with Gasteiger partial charge in [-0.3, -0.25) is 4.79 Å². The number of hydrogen-bond donors (Lipinski definition) is 1. The smallest absolute Gasteiger partial charge is 0.253 e. The fraction of sp³-hybridized carbons (Fsp3) is 0.375. The minimum atomic E-state index is -0.309. The second kappa shape index (κ2) is 5.78. The fourth-order valence-electron chi connectivity index (χ4n) is 2.81. The Morgan fingerprint density at radius 2 is 2.41 bits per heavy atom. The molecule has 1 N–H and O–H groups in total. The summed E-state index contributed by atoms with van der Waals surface area (Å²) < 4.78 is 7.59. The van der Waals surface area contributed by atoms with E-state index in [4.69, 9.17) is 4.74 Å². The average Bonchev–Trinajstić information content (AvgIpc) is 3.24. The topological polar surface area (TPSA) is 56.2 Å². The van der Waals surface area contributed by atoms with Gasteiger partial charge in [-0.1, -0.05) is 23.9 Å². The van der Waals surface area contributed by atoms with E-state index in [9.17, 15) is 4.79 Å². The molecule has 3 heterocycles. The molecule has 5 nitrogen and oxygen atoms in total. The standard InChI is InChI=1S/C16H17N3O2S/c20-15(14-5-2-7-21-14)17-12-4-1-3-11(9-12)13-10-19-6-8-22-16(19)18-13/h1,3-4,9-10,14H,2,5-8H2,(H,17,20). The van der Waals surface area contributed by atoms with E-state index in [0.29, 0.717) is 6.61 Å². The average molecular weight is 315 g/mol. The molecule has 0 aliphatic carbocycles. The van der Waals surface area contributed by atoms with E-state index in [0.717, 1.165) is 47.2 Å². The van der Waals surface area contributed by atoms with Gasteiger partial charge >= 0.3 is 0 Å². The maximum absolute atomic E-state index is 12.1. The van der Waals surface area contributed by atoms with E-state index < -0.39 is 0 Å². The van der Waals surface area contributed by atoms with Crippen molar-refractivity contribution in [2.24, 2.45) is 0 Å². The lowest BCUT2D eigenvalue weighted by molar-refractivity contribution is -0.124. The molecule has 1 aromatic heterocycles. The molecule has 0 bridgehead atoms. The molecule has 0 radical (unpaired) electrons. The fourth-order valence-corrected chi connectivity index (χ4v) is 3.76. The van der Waals surface area contributed by atoms with E-state index in [1.54, 1.807) is 11.8 Å². The number of imidazole rings is 1. The van der Waals surface area contributed by atoms with Gasteiger partial charge in [-0.2, -0.15) is 0 Å². The predicted octanol–water partition coefficient (Wildman–Crippen LogP) is 2.77. The molecule has 1 fully saturated rings. The van der Waals surface area contributed by atoms with Gasteiger partial charge in [-0.15, -0.1) is 0 Å². The summed E-state index contributed by atoms with van der Waals surface area (Å²) in [5.41, 5.74) is 2.77. The number of aromatic nitrogens is 2. The van der Waals surface area contributed by atoms with E-state index in [1.165, 1.54) is 0 Å². The van der Waals surface area contributed by atoms with Gasteiger partial charge in [0.15, 0.2) is 5.16 Å². The Hall–Kier alpha value is -1.79. The zero-order chi connectivity index (χ0) is 14.9. The minimum Gasteiger partial charge on any atom is -0.368 e. The Morgan fingerprint density at radius 1 is 1.45 bits per heavy atom. The van der Waals surface area contributed by atoms with Gasteiger partial charge in [-0.25, -0.2) is 4.98 Å². The molecule has 1 atom stereocenters. The highest BCUT2D eigenvalue weighted by atomic mass is 32.2. The van der Waals surface area contributed by atoms with E-state index in [2.05, 4.69) is 21.1 Å². The normalized spacial score (nSPS) is 20.1. The molecule has 0 saturated carbocycles. The number of nitrogens with one attached hydrogen (secondary N) is 1. The third-order valence-corrected chi connectivity index (χ3v) is 4.92. The number of thioether (sulfide) groups is 1. The summed E-state index contributed by atoms with van der Waals surface area (Å²) >= 11 is 1.78. The lowest BCUT2D eigenvalue weighted by atomic mass is 10.1. The molecule has 2 aliphatic heterocycles. The molecule has 1 aromatic carbocycles. The summed E-state index contributed by atoms with van der Waals surface area (Å²) in [5, 5.41) is 4.01. The van der Waals surface area contributed by atoms with Crippen molar-refractivity contribution >= 4 is 23.4 Å². The molecule has 22 heavy (non-hydrogen) atoms. The van der Waals surface area contributed by atoms with Crippen LogP contribution in [0.1, 0.15) is 12.8 Å². The number of amides is 1. The van der Waals surface area contributed by atoms with Crippen LogP contribution in [-0.4, -0.2) is 33.9 Å². The highest BCUT2D eigenvalue weighted by Crippen LogP contribution is 2.30. The first-order valence-corrected chi connectivity index (χ1v) is 8.51. The summed E-state index contributed by atoms with van der Waals surface area (Å²) in [6, 6.07) is 7.83. The van der Waals surface area contributed by atoms with Crippen molar-refractivity contribution in [1.82, 2.24) is 9.55 Å². The van der Waals surface area contributed by atoms with E-state index in [-0.39, 0.29) is 12.0 Å². The van der Waals surface area contributed by atoms with Gasteiger partial charge in [0.25, 0.3) is 5.91 Å². The van der Waals surface area contributed by atoms with Crippen molar-refractivity contribution < 1.29 is 9.53 Å². The Bertz CT molecular complexity index is 686. The zero-order valence-corrected chi connectivity index (χ0v) is 12.9. The van der Waals surface area contributed by atoms with Gasteiger partial charge in [0.1, 0.15) is 6.10 Å². The first kappa shape index (κ1) is 13.8. The minimum absolute atomic E-state index is 0.0578. The number of carbonyl (C=O) groups excluding carboxylic acids is 1. The number of hydrogen-bond acceptors (Lipinski definition) is 4. The van der Waals surface area contributed by atoms with Crippen LogP contribution in [0.15, 0.2) is 35.6 Å². The largest absolute Gasteiger partial charge is 0.368 e. The number of nitrogens with zero attached hydrogens (tertiary/aromatic N) is 2. The zero-order valence-electron chi connectivity index (χ0n) is 12.1. The Labute approximate surface area is 133 Å². The van der Waals surface area contributed by atoms with Gasteiger partial charge < -0.3 is 14.6 Å². The molecule has 114 valence electrons. The molecule has 2 aliphatic rings. The second-order valence-corrected chi connectivity index (χ2v) is 6.58. The van der Waals surface area contributed by atoms with Crippen molar-refractivity contribution in [3.63, 3.8) is 0 Å². The maximum atomic E-state index is 12.1. The predicted molar refractivity (Wildman–Crippen MR) is 86.0 cm³/mol. The van der Waals surface area contributed by atoms with Crippen molar-refractivity contribution in [2.75, 3.05) is 17.7 Å². The second-order valence-electron chi connectivity index (χ2n) is 5.52. The molecular formula is C16H17N3O2S. The van der Waals surface area contributed by atoms with E-state index in [1.807, 2.05) is 24.3 Å². The van der Waals surface area contributed by atoms with Crippen LogP contribution in [0.25, 0.3) is 11.3 Å². The first-order chi connectivity index (χ1) is 10.8. The van der Waals surface area contributed by atoms with Crippen LogP contribution in [-0.2, 0) is 16.1 Å². The van der Waals surface area contributed by atoms with Gasteiger partial charge in [0.05, 0.1) is 5.69 Å². The van der Waals surface area contributed by atoms with Crippen LogP contribution in [0.2, 0.25) is 0 Å². The highest BCUT2D eigenvalue weighted by molar-refractivity contribution is 7.99. The monoisotopic (exact) mass is 315 g/mol. The van der Waals surface area contributed by atoms with E-state index >= 15 is 0 Å². The van der Waals surface area contributed by atoms with Crippen LogP contribution >= 0.6 is 11.8 Å². The van der Waals surface area contributed by atoms with Crippen molar-refractivity contribution in [3.05, 3.63) is 30.5 Å².